The van der Waals surface area contributed by atoms with Gasteiger partial charge in [-0.05, 0) is 23.6 Å². The average molecular weight is 355 g/mol. The van der Waals surface area contributed by atoms with Crippen LogP contribution in [-0.4, -0.2) is 56.9 Å². The van der Waals surface area contributed by atoms with Crippen molar-refractivity contribution in [2.75, 3.05) is 36.4 Å². The smallest absolute Gasteiger partial charge is 0.322 e. The minimum atomic E-state index is -0.0537. The third-order valence-corrected chi connectivity index (χ3v) is 4.80. The predicted octanol–water partition coefficient (Wildman–Crippen LogP) is 2.08. The van der Waals surface area contributed by atoms with Crippen LogP contribution in [0, 0.1) is 0 Å². The Labute approximate surface area is 148 Å². The molecule has 0 unspecified atom stereocenters. The molecule has 1 N–H and O–H groups in total. The highest BCUT2D eigenvalue weighted by atomic mass is 32.1. The number of thiophene rings is 1. The summed E-state index contributed by atoms with van der Waals surface area (Å²) < 4.78 is 1.70. The maximum atomic E-state index is 12.3. The van der Waals surface area contributed by atoms with E-state index < -0.39 is 0 Å². The van der Waals surface area contributed by atoms with E-state index in [1.54, 1.807) is 17.2 Å². The SMILES string of the molecule is O=C(Nc1cccs1)N1CCN(c2cc(-n3cccn3)ncn2)CC1. The number of aromatic nitrogens is 4. The van der Waals surface area contributed by atoms with Crippen molar-refractivity contribution >= 4 is 28.2 Å². The summed E-state index contributed by atoms with van der Waals surface area (Å²) in [5.41, 5.74) is 0. The van der Waals surface area contributed by atoms with Crippen LogP contribution in [0.15, 0.2) is 48.4 Å². The molecule has 9 heteroatoms. The fraction of sp³-hybridized carbons (Fsp3) is 0.250. The molecule has 3 aromatic heterocycles. The summed E-state index contributed by atoms with van der Waals surface area (Å²) >= 11 is 1.52. The number of piperazine rings is 1. The van der Waals surface area contributed by atoms with Gasteiger partial charge in [-0.3, -0.25) is 5.32 Å². The largest absolute Gasteiger partial charge is 0.353 e. The monoisotopic (exact) mass is 355 g/mol. The number of anilines is 2. The Hall–Kier alpha value is -2.94. The molecule has 1 fully saturated rings. The Balaban J connectivity index is 1.39. The zero-order valence-electron chi connectivity index (χ0n) is 13.4. The first-order valence-corrected chi connectivity index (χ1v) is 8.84. The third-order valence-electron chi connectivity index (χ3n) is 4.02. The zero-order valence-corrected chi connectivity index (χ0v) is 14.3. The van der Waals surface area contributed by atoms with E-state index in [2.05, 4.69) is 25.3 Å². The average Bonchev–Trinajstić information content (AvgIpc) is 3.36. The van der Waals surface area contributed by atoms with Gasteiger partial charge >= 0.3 is 6.03 Å². The Morgan fingerprint density at radius 3 is 2.68 bits per heavy atom. The number of carbonyl (C=O) groups excluding carboxylic acids is 1. The highest BCUT2D eigenvalue weighted by Crippen LogP contribution is 2.18. The molecule has 0 aromatic carbocycles. The topological polar surface area (TPSA) is 79.2 Å². The zero-order chi connectivity index (χ0) is 17.1. The number of rotatable bonds is 3. The summed E-state index contributed by atoms with van der Waals surface area (Å²) in [4.78, 5) is 24.9. The van der Waals surface area contributed by atoms with Crippen LogP contribution in [-0.2, 0) is 0 Å². The Kier molecular flexibility index (Phi) is 4.30. The van der Waals surface area contributed by atoms with Crippen molar-refractivity contribution in [3.63, 3.8) is 0 Å². The molecule has 2 amide bonds. The predicted molar refractivity (Wildman–Crippen MR) is 96.3 cm³/mol. The molecule has 4 heterocycles. The summed E-state index contributed by atoms with van der Waals surface area (Å²) in [6.45, 7) is 2.76. The lowest BCUT2D eigenvalue weighted by molar-refractivity contribution is 0.208. The van der Waals surface area contributed by atoms with Crippen LogP contribution < -0.4 is 10.2 Å². The molecule has 3 aromatic rings. The second-order valence-electron chi connectivity index (χ2n) is 5.57. The van der Waals surface area contributed by atoms with Gasteiger partial charge in [0.05, 0.1) is 5.00 Å². The minimum Gasteiger partial charge on any atom is -0.353 e. The van der Waals surface area contributed by atoms with E-state index in [1.165, 1.54) is 11.3 Å². The normalized spacial score (nSPS) is 14.6. The Morgan fingerprint density at radius 1 is 1.12 bits per heavy atom. The highest BCUT2D eigenvalue weighted by molar-refractivity contribution is 7.14. The number of nitrogens with zero attached hydrogens (tertiary/aromatic N) is 6. The molecule has 128 valence electrons. The summed E-state index contributed by atoms with van der Waals surface area (Å²) in [5.74, 6) is 1.58. The molecule has 1 saturated heterocycles. The fourth-order valence-electron chi connectivity index (χ4n) is 2.71. The van der Waals surface area contributed by atoms with Crippen LogP contribution in [0.4, 0.5) is 15.6 Å². The number of carbonyl (C=O) groups is 1. The maximum absolute atomic E-state index is 12.3. The number of hydrogen-bond donors (Lipinski definition) is 1. The van der Waals surface area contributed by atoms with E-state index in [-0.39, 0.29) is 6.03 Å². The number of hydrogen-bond acceptors (Lipinski definition) is 6. The lowest BCUT2D eigenvalue weighted by Crippen LogP contribution is -2.50. The molecule has 0 spiro atoms. The number of nitrogens with one attached hydrogen (secondary N) is 1. The second-order valence-corrected chi connectivity index (χ2v) is 6.51. The van der Waals surface area contributed by atoms with Crippen molar-refractivity contribution in [3.05, 3.63) is 48.4 Å². The van der Waals surface area contributed by atoms with E-state index in [9.17, 15) is 4.79 Å². The van der Waals surface area contributed by atoms with Gasteiger partial charge in [-0.1, -0.05) is 0 Å². The molecule has 1 aliphatic rings. The molecule has 0 saturated carbocycles. The summed E-state index contributed by atoms with van der Waals surface area (Å²) in [7, 11) is 0. The van der Waals surface area contributed by atoms with Crippen molar-refractivity contribution in [3.8, 4) is 5.82 Å². The van der Waals surface area contributed by atoms with Crippen LogP contribution in [0.5, 0.6) is 0 Å². The van der Waals surface area contributed by atoms with E-state index in [0.717, 1.165) is 29.7 Å². The third kappa shape index (κ3) is 3.45. The van der Waals surface area contributed by atoms with Crippen molar-refractivity contribution in [2.45, 2.75) is 0 Å². The minimum absolute atomic E-state index is 0.0537. The van der Waals surface area contributed by atoms with Crippen LogP contribution in [0.25, 0.3) is 5.82 Å². The van der Waals surface area contributed by atoms with Gasteiger partial charge in [-0.15, -0.1) is 11.3 Å². The first kappa shape index (κ1) is 15.6. The van der Waals surface area contributed by atoms with Crippen molar-refractivity contribution in [1.29, 1.82) is 0 Å². The quantitative estimate of drug-likeness (QED) is 0.778. The van der Waals surface area contributed by atoms with Gasteiger partial charge in [0.1, 0.15) is 12.1 Å². The lowest BCUT2D eigenvalue weighted by Gasteiger charge is -2.35. The standard InChI is InChI=1S/C16H17N7OS/c24-16(20-15-3-1-10-25-15)22-8-6-21(7-9-22)13-11-14(18-12-17-13)23-5-2-4-19-23/h1-5,10-12H,6-9H2,(H,20,24). The molecular weight excluding hydrogens is 338 g/mol. The van der Waals surface area contributed by atoms with Crippen LogP contribution >= 0.6 is 11.3 Å². The van der Waals surface area contributed by atoms with E-state index >= 15 is 0 Å². The first-order chi connectivity index (χ1) is 12.3. The lowest BCUT2D eigenvalue weighted by atomic mass is 10.3. The van der Waals surface area contributed by atoms with E-state index in [4.69, 9.17) is 0 Å². The highest BCUT2D eigenvalue weighted by Gasteiger charge is 2.22. The van der Waals surface area contributed by atoms with Gasteiger partial charge in [-0.2, -0.15) is 5.10 Å². The van der Waals surface area contributed by atoms with Crippen molar-refractivity contribution in [1.82, 2.24) is 24.6 Å². The molecule has 8 nitrogen and oxygen atoms in total. The molecular formula is C16H17N7OS. The first-order valence-electron chi connectivity index (χ1n) is 7.96. The Bertz CT molecular complexity index is 826. The molecule has 0 bridgehead atoms. The van der Waals surface area contributed by atoms with E-state index in [0.29, 0.717) is 13.1 Å². The molecule has 0 radical (unpaired) electrons. The molecule has 0 aliphatic carbocycles. The van der Waals surface area contributed by atoms with Gasteiger partial charge in [0.2, 0.25) is 0 Å². The van der Waals surface area contributed by atoms with Gasteiger partial charge < -0.3 is 9.80 Å². The summed E-state index contributed by atoms with van der Waals surface area (Å²) in [5, 5.41) is 9.93. The molecule has 0 atom stereocenters. The second kappa shape index (κ2) is 6.89. The number of amides is 2. The maximum Gasteiger partial charge on any atom is 0.322 e. The van der Waals surface area contributed by atoms with Gasteiger partial charge in [0.25, 0.3) is 0 Å². The van der Waals surface area contributed by atoms with Crippen LogP contribution in [0.2, 0.25) is 0 Å². The summed E-state index contributed by atoms with van der Waals surface area (Å²) in [6.07, 6.45) is 5.11. The Morgan fingerprint density at radius 2 is 1.96 bits per heavy atom. The van der Waals surface area contributed by atoms with Crippen molar-refractivity contribution in [2.24, 2.45) is 0 Å². The van der Waals surface area contributed by atoms with E-state index in [1.807, 2.05) is 40.7 Å². The molecule has 4 rings (SSSR count). The van der Waals surface area contributed by atoms with Crippen molar-refractivity contribution < 1.29 is 4.79 Å². The molecule has 25 heavy (non-hydrogen) atoms. The fourth-order valence-corrected chi connectivity index (χ4v) is 3.32. The molecule has 1 aliphatic heterocycles. The number of urea groups is 1. The van der Waals surface area contributed by atoms with Gasteiger partial charge in [0.15, 0.2) is 5.82 Å². The van der Waals surface area contributed by atoms with Gasteiger partial charge in [-0.25, -0.2) is 19.4 Å². The summed E-state index contributed by atoms with van der Waals surface area (Å²) in [6, 6.07) is 7.53. The van der Waals surface area contributed by atoms with Crippen LogP contribution in [0.1, 0.15) is 0 Å². The van der Waals surface area contributed by atoms with Crippen LogP contribution in [0.3, 0.4) is 0 Å². The van der Waals surface area contributed by atoms with Gasteiger partial charge in [0, 0.05) is 44.6 Å².